The SMILES string of the molecule is O=S1(=O)C=CC2ON=C(c3ccc(Br)cc3)C21. The molecule has 2 heterocycles. The second-order valence-electron chi connectivity index (χ2n) is 3.89. The first-order valence-corrected chi connectivity index (χ1v) is 7.40. The van der Waals surface area contributed by atoms with Gasteiger partial charge in [0.05, 0.1) is 0 Å². The van der Waals surface area contributed by atoms with Crippen molar-refractivity contribution in [1.29, 1.82) is 0 Å². The quantitative estimate of drug-likeness (QED) is 0.795. The van der Waals surface area contributed by atoms with Gasteiger partial charge in [0.25, 0.3) is 0 Å². The van der Waals surface area contributed by atoms with Crippen molar-refractivity contribution in [2.75, 3.05) is 0 Å². The molecule has 1 aromatic rings. The molecule has 0 spiro atoms. The summed E-state index contributed by atoms with van der Waals surface area (Å²) in [6.45, 7) is 0. The van der Waals surface area contributed by atoms with Gasteiger partial charge in [-0.3, -0.25) is 0 Å². The van der Waals surface area contributed by atoms with Crippen molar-refractivity contribution in [3.8, 4) is 0 Å². The average molecular weight is 314 g/mol. The molecular weight excluding hydrogens is 306 g/mol. The summed E-state index contributed by atoms with van der Waals surface area (Å²) < 4.78 is 24.6. The van der Waals surface area contributed by atoms with E-state index in [1.807, 2.05) is 24.3 Å². The summed E-state index contributed by atoms with van der Waals surface area (Å²) in [6.07, 6.45) is 1.06. The molecule has 0 N–H and O–H groups in total. The van der Waals surface area contributed by atoms with E-state index in [9.17, 15) is 8.42 Å². The van der Waals surface area contributed by atoms with Crippen molar-refractivity contribution in [3.05, 3.63) is 45.8 Å². The molecule has 0 radical (unpaired) electrons. The minimum Gasteiger partial charge on any atom is -0.386 e. The molecule has 0 bridgehead atoms. The van der Waals surface area contributed by atoms with Gasteiger partial charge in [-0.25, -0.2) is 8.42 Å². The second-order valence-corrected chi connectivity index (χ2v) is 6.77. The molecule has 0 amide bonds. The lowest BCUT2D eigenvalue weighted by Gasteiger charge is -2.08. The van der Waals surface area contributed by atoms with Gasteiger partial charge in [0, 0.05) is 15.4 Å². The Kier molecular flexibility index (Phi) is 2.38. The van der Waals surface area contributed by atoms with Crippen molar-refractivity contribution in [2.45, 2.75) is 11.4 Å². The fourth-order valence-electron chi connectivity index (χ4n) is 1.97. The number of benzene rings is 1. The van der Waals surface area contributed by atoms with Crippen LogP contribution in [0.3, 0.4) is 0 Å². The Hall–Kier alpha value is -1.14. The Balaban J connectivity index is 2.03. The van der Waals surface area contributed by atoms with Crippen LogP contribution in [0.25, 0.3) is 0 Å². The highest BCUT2D eigenvalue weighted by Gasteiger charge is 2.46. The molecule has 0 saturated heterocycles. The van der Waals surface area contributed by atoms with E-state index in [2.05, 4.69) is 21.1 Å². The van der Waals surface area contributed by atoms with Crippen molar-refractivity contribution in [2.24, 2.45) is 5.16 Å². The number of sulfone groups is 1. The number of halogens is 1. The minimum absolute atomic E-state index is 0.473. The predicted molar refractivity (Wildman–Crippen MR) is 67.4 cm³/mol. The van der Waals surface area contributed by atoms with Crippen LogP contribution in [-0.2, 0) is 14.7 Å². The van der Waals surface area contributed by atoms with Crippen molar-refractivity contribution in [3.63, 3.8) is 0 Å². The van der Waals surface area contributed by atoms with Crippen LogP contribution in [0.15, 0.2) is 45.4 Å². The van der Waals surface area contributed by atoms with E-state index in [1.165, 1.54) is 11.5 Å². The third-order valence-electron chi connectivity index (χ3n) is 2.79. The van der Waals surface area contributed by atoms with Gasteiger partial charge in [-0.15, -0.1) is 0 Å². The van der Waals surface area contributed by atoms with E-state index in [0.29, 0.717) is 5.71 Å². The Labute approximate surface area is 107 Å². The molecule has 88 valence electrons. The zero-order chi connectivity index (χ0) is 12.0. The van der Waals surface area contributed by atoms with Crippen molar-refractivity contribution < 1.29 is 13.3 Å². The van der Waals surface area contributed by atoms with Gasteiger partial charge in [-0.1, -0.05) is 33.2 Å². The van der Waals surface area contributed by atoms with Gasteiger partial charge in [-0.2, -0.15) is 0 Å². The van der Waals surface area contributed by atoms with Crippen LogP contribution < -0.4 is 0 Å². The lowest BCUT2D eigenvalue weighted by atomic mass is 10.0. The molecule has 0 aromatic heterocycles. The van der Waals surface area contributed by atoms with Crippen LogP contribution in [0.5, 0.6) is 0 Å². The maximum atomic E-state index is 11.8. The first kappa shape index (κ1) is 11.0. The second kappa shape index (κ2) is 3.68. The zero-order valence-corrected chi connectivity index (χ0v) is 11.0. The molecule has 2 aliphatic heterocycles. The van der Waals surface area contributed by atoms with E-state index < -0.39 is 21.2 Å². The number of oxime groups is 1. The van der Waals surface area contributed by atoms with E-state index >= 15 is 0 Å². The van der Waals surface area contributed by atoms with Crippen molar-refractivity contribution in [1.82, 2.24) is 0 Å². The van der Waals surface area contributed by atoms with E-state index in [0.717, 1.165) is 10.0 Å². The standard InChI is InChI=1S/C11H8BrNO3S/c12-8-3-1-7(2-4-8)10-11-9(16-13-10)5-6-17(11,14)15/h1-6,9,11H. The highest BCUT2D eigenvalue weighted by molar-refractivity contribution is 9.10. The predicted octanol–water partition coefficient (Wildman–Crippen LogP) is 1.86. The normalized spacial score (nSPS) is 28.6. The van der Waals surface area contributed by atoms with Crippen LogP contribution in [-0.4, -0.2) is 25.5 Å². The third kappa shape index (κ3) is 1.71. The summed E-state index contributed by atoms with van der Waals surface area (Å²) in [4.78, 5) is 5.12. The average Bonchev–Trinajstić information content (AvgIpc) is 2.83. The van der Waals surface area contributed by atoms with Gasteiger partial charge in [0.1, 0.15) is 5.71 Å². The molecule has 2 atom stereocenters. The molecular formula is C11H8BrNO3S. The fraction of sp³-hybridized carbons (Fsp3) is 0.182. The molecule has 17 heavy (non-hydrogen) atoms. The first-order valence-electron chi connectivity index (χ1n) is 5.00. The zero-order valence-electron chi connectivity index (χ0n) is 8.58. The van der Waals surface area contributed by atoms with Crippen LogP contribution >= 0.6 is 15.9 Å². The summed E-state index contributed by atoms with van der Waals surface area (Å²) in [5.41, 5.74) is 1.25. The highest BCUT2D eigenvalue weighted by atomic mass is 79.9. The molecule has 3 rings (SSSR count). The van der Waals surface area contributed by atoms with Crippen LogP contribution in [0.1, 0.15) is 5.56 Å². The molecule has 2 unspecified atom stereocenters. The molecule has 0 fully saturated rings. The van der Waals surface area contributed by atoms with E-state index in [-0.39, 0.29) is 0 Å². The number of hydrogen-bond acceptors (Lipinski definition) is 4. The minimum atomic E-state index is -3.28. The fourth-order valence-corrected chi connectivity index (χ4v) is 3.78. The Morgan fingerprint density at radius 2 is 1.94 bits per heavy atom. The van der Waals surface area contributed by atoms with E-state index in [4.69, 9.17) is 4.84 Å². The molecule has 2 aliphatic rings. The summed E-state index contributed by atoms with van der Waals surface area (Å²) in [5.74, 6) is 0. The van der Waals surface area contributed by atoms with Gasteiger partial charge in [0.2, 0.25) is 0 Å². The van der Waals surface area contributed by atoms with Crippen LogP contribution in [0.2, 0.25) is 0 Å². The first-order chi connectivity index (χ1) is 8.08. The molecule has 6 heteroatoms. The van der Waals surface area contributed by atoms with Gasteiger partial charge in [-0.05, 0) is 18.2 Å². The maximum Gasteiger partial charge on any atom is 0.184 e. The Morgan fingerprint density at radius 3 is 2.65 bits per heavy atom. The Morgan fingerprint density at radius 1 is 1.24 bits per heavy atom. The topological polar surface area (TPSA) is 55.7 Å². The van der Waals surface area contributed by atoms with Crippen LogP contribution in [0.4, 0.5) is 0 Å². The monoisotopic (exact) mass is 313 g/mol. The highest BCUT2D eigenvalue weighted by Crippen LogP contribution is 2.30. The van der Waals surface area contributed by atoms with Gasteiger partial charge >= 0.3 is 0 Å². The maximum absolute atomic E-state index is 11.8. The van der Waals surface area contributed by atoms with Gasteiger partial charge in [0.15, 0.2) is 21.2 Å². The van der Waals surface area contributed by atoms with Crippen LogP contribution in [0, 0.1) is 0 Å². The van der Waals surface area contributed by atoms with E-state index in [1.54, 1.807) is 0 Å². The van der Waals surface area contributed by atoms with Gasteiger partial charge < -0.3 is 4.84 Å². The summed E-state index contributed by atoms with van der Waals surface area (Å²) in [5, 5.41) is 4.40. The number of nitrogens with zero attached hydrogens (tertiary/aromatic N) is 1. The summed E-state index contributed by atoms with van der Waals surface area (Å²) in [6, 6.07) is 7.34. The molecule has 0 aliphatic carbocycles. The molecule has 1 aromatic carbocycles. The Bertz CT molecular complexity index is 619. The molecule has 4 nitrogen and oxygen atoms in total. The third-order valence-corrected chi connectivity index (χ3v) is 5.06. The smallest absolute Gasteiger partial charge is 0.184 e. The number of rotatable bonds is 1. The largest absolute Gasteiger partial charge is 0.386 e. The molecule has 0 saturated carbocycles. The summed E-state index contributed by atoms with van der Waals surface area (Å²) >= 11 is 3.33. The number of fused-ring (bicyclic) bond motifs is 1. The summed E-state index contributed by atoms with van der Waals surface area (Å²) in [7, 11) is -3.28. The van der Waals surface area contributed by atoms with Crippen molar-refractivity contribution >= 4 is 31.5 Å². The lowest BCUT2D eigenvalue weighted by Crippen LogP contribution is -2.31. The number of hydrogen-bond donors (Lipinski definition) is 0. The lowest BCUT2D eigenvalue weighted by molar-refractivity contribution is 0.123.